The number of hydrogen-bond donors (Lipinski definition) is 7. The number of hydroxylamine groups is 2. The van der Waals surface area contributed by atoms with E-state index >= 15 is 0 Å². The van der Waals surface area contributed by atoms with Crippen LogP contribution in [0.25, 0.3) is 0 Å². The number of carboxylic acid groups (broad SMARTS) is 1. The average Bonchev–Trinajstić information content (AvgIpc) is 3.52. The van der Waals surface area contributed by atoms with Gasteiger partial charge >= 0.3 is 16.4 Å². The van der Waals surface area contributed by atoms with Crippen molar-refractivity contribution in [2.45, 2.75) is 75.8 Å². The second-order valence-electron chi connectivity index (χ2n) is 13.1. The highest BCUT2D eigenvalue weighted by Gasteiger charge is 2.58. The van der Waals surface area contributed by atoms with Gasteiger partial charge in [-0.2, -0.15) is 13.5 Å². The van der Waals surface area contributed by atoms with Gasteiger partial charge in [0.25, 0.3) is 17.4 Å². The summed E-state index contributed by atoms with van der Waals surface area (Å²) in [7, 11) is -5.03. The quantitative estimate of drug-likeness (QED) is 0.0450. The SMILES string of the molecule is CC(O/N=C(\C(=O)N[C@@H]1C(=O)N(OS(=O)(=O)O)C1(C)C)c1csc(N)n1)(C(=O)O)[C@H]1CCc2cc(C(N)=NC[C@H]3CCN[C@H](CO)C3)ccc2O1. The largest absolute Gasteiger partial charge is 0.485 e. The summed E-state index contributed by atoms with van der Waals surface area (Å²) in [5, 5.41) is 31.1. The number of benzene rings is 1. The Morgan fingerprint density at radius 1 is 1.31 bits per heavy atom. The van der Waals surface area contributed by atoms with Gasteiger partial charge in [-0.3, -0.25) is 19.1 Å². The molecule has 51 heavy (non-hydrogen) atoms. The number of nitrogens with zero attached hydrogens (tertiary/aromatic N) is 4. The zero-order chi connectivity index (χ0) is 37.3. The molecule has 2 aromatic rings. The van der Waals surface area contributed by atoms with Gasteiger partial charge in [-0.15, -0.1) is 15.6 Å². The van der Waals surface area contributed by atoms with Gasteiger partial charge in [0.15, 0.2) is 16.9 Å². The number of β-lactam (4-membered cyclic amide) rings is 1. The number of ether oxygens (including phenoxy) is 1. The Morgan fingerprint density at radius 2 is 2.06 bits per heavy atom. The van der Waals surface area contributed by atoms with Crippen molar-refractivity contribution in [2.75, 3.05) is 25.4 Å². The van der Waals surface area contributed by atoms with Gasteiger partial charge in [0.1, 0.15) is 23.3 Å². The Bertz CT molecular complexity index is 1850. The number of aliphatic hydroxyl groups excluding tert-OH is 1. The fraction of sp³-hybridized carbons (Fsp3) is 0.533. The summed E-state index contributed by atoms with van der Waals surface area (Å²) < 4.78 is 41.8. The fourth-order valence-electron chi connectivity index (χ4n) is 6.05. The topological polar surface area (TPSA) is 291 Å². The van der Waals surface area contributed by atoms with E-state index in [1.165, 1.54) is 26.2 Å². The molecule has 0 spiro atoms. The number of aryl methyl sites for hydroxylation is 1. The Balaban J connectivity index is 1.31. The molecule has 1 unspecified atom stereocenters. The summed E-state index contributed by atoms with van der Waals surface area (Å²) in [5.74, 6) is -2.42. The number of amidine groups is 1. The molecule has 0 saturated carbocycles. The van der Waals surface area contributed by atoms with Gasteiger partial charge in [0.2, 0.25) is 0 Å². The second kappa shape index (κ2) is 14.7. The molecular weight excluding hydrogens is 713 g/mol. The molecule has 19 nitrogen and oxygen atoms in total. The van der Waals surface area contributed by atoms with Crippen molar-refractivity contribution in [2.24, 2.45) is 21.8 Å². The Morgan fingerprint density at radius 3 is 2.69 bits per heavy atom. The third-order valence-corrected chi connectivity index (χ3v) is 10.1. The van der Waals surface area contributed by atoms with Gasteiger partial charge < -0.3 is 41.9 Å². The highest BCUT2D eigenvalue weighted by Crippen LogP contribution is 2.35. The Kier molecular flexibility index (Phi) is 10.9. The number of amides is 2. The maximum absolute atomic E-state index is 13.5. The van der Waals surface area contributed by atoms with Crippen LogP contribution in [0.4, 0.5) is 5.13 Å². The number of aliphatic imine (C=N–C) groups is 1. The number of nitrogen functional groups attached to an aromatic ring is 1. The van der Waals surface area contributed by atoms with Gasteiger partial charge in [0, 0.05) is 23.5 Å². The van der Waals surface area contributed by atoms with Gasteiger partial charge in [-0.25, -0.2) is 9.78 Å². The molecule has 3 aliphatic rings. The number of carboxylic acids is 1. The normalized spacial score (nSPS) is 24.8. The van der Waals surface area contributed by atoms with E-state index in [0.717, 1.165) is 36.3 Å². The van der Waals surface area contributed by atoms with Crippen molar-refractivity contribution < 1.29 is 51.4 Å². The first kappa shape index (κ1) is 37.8. The van der Waals surface area contributed by atoms with Crippen molar-refractivity contribution in [3.8, 4) is 5.75 Å². The van der Waals surface area contributed by atoms with E-state index in [9.17, 15) is 33.0 Å². The second-order valence-corrected chi connectivity index (χ2v) is 15.0. The zero-order valence-electron chi connectivity index (χ0n) is 27.9. The summed E-state index contributed by atoms with van der Waals surface area (Å²) in [4.78, 5) is 53.0. The number of carbonyl (C=O) groups excluding carboxylic acids is 2. The predicted octanol–water partition coefficient (Wildman–Crippen LogP) is -0.411. The molecule has 0 aliphatic carbocycles. The van der Waals surface area contributed by atoms with Crippen LogP contribution in [0.15, 0.2) is 33.7 Å². The summed E-state index contributed by atoms with van der Waals surface area (Å²) in [6.07, 6.45) is 1.23. The molecule has 5 rings (SSSR count). The van der Waals surface area contributed by atoms with Crippen LogP contribution in [0.1, 0.15) is 56.9 Å². The molecule has 4 heterocycles. The van der Waals surface area contributed by atoms with Crippen LogP contribution in [0, 0.1) is 5.92 Å². The summed E-state index contributed by atoms with van der Waals surface area (Å²) in [5.41, 5.74) is 9.35. The minimum atomic E-state index is -5.03. The Hall–Kier alpha value is -4.41. The molecule has 1 aromatic carbocycles. The minimum absolute atomic E-state index is 0.0465. The lowest BCUT2D eigenvalue weighted by Gasteiger charge is -2.50. The lowest BCUT2D eigenvalue weighted by atomic mass is 9.84. The van der Waals surface area contributed by atoms with Crippen LogP contribution in [0.2, 0.25) is 0 Å². The summed E-state index contributed by atoms with van der Waals surface area (Å²) >= 11 is 0.961. The molecule has 2 saturated heterocycles. The van der Waals surface area contributed by atoms with Gasteiger partial charge in [0.05, 0.1) is 12.1 Å². The van der Waals surface area contributed by atoms with E-state index in [4.69, 9.17) is 25.6 Å². The summed E-state index contributed by atoms with van der Waals surface area (Å²) in [6, 6.07) is 3.92. The smallest absolute Gasteiger partial charge is 0.418 e. The molecule has 278 valence electrons. The number of piperidine rings is 1. The van der Waals surface area contributed by atoms with E-state index in [0.29, 0.717) is 41.1 Å². The van der Waals surface area contributed by atoms with Crippen LogP contribution in [0.5, 0.6) is 5.75 Å². The first-order valence-electron chi connectivity index (χ1n) is 15.9. The number of anilines is 1. The molecular formula is C30H40N8O11S2. The molecule has 0 radical (unpaired) electrons. The van der Waals surface area contributed by atoms with Gasteiger partial charge in [-0.1, -0.05) is 5.16 Å². The van der Waals surface area contributed by atoms with Crippen molar-refractivity contribution in [1.29, 1.82) is 0 Å². The van der Waals surface area contributed by atoms with Crippen LogP contribution in [0.3, 0.4) is 0 Å². The number of rotatable bonds is 13. The Labute approximate surface area is 296 Å². The lowest BCUT2D eigenvalue weighted by molar-refractivity contribution is -0.218. The number of carbonyl (C=O) groups is 3. The standard InChI is InChI=1S/C30H40N8O11S2/c1-29(2)23(26(41)38(29)49-51(44,45)46)36-25(40)22(19-14-50-28(32)35-19)37-48-30(3,27(42)43)21-7-5-16-11-17(4-6-20(16)47-21)24(31)34-12-15-8-9-33-18(10-15)13-39/h4,6,11,14-15,18,21,23,33,39H,5,7-10,12-13H2,1-3H3,(H2,31,34)(H2,32,35)(H,36,40)(H,42,43)(H,44,45,46)/b37-22-/t15-,18-,21+,23+,30?/m0/s1. The lowest BCUT2D eigenvalue weighted by Crippen LogP contribution is -2.76. The van der Waals surface area contributed by atoms with E-state index < -0.39 is 57.2 Å². The first-order chi connectivity index (χ1) is 23.9. The van der Waals surface area contributed by atoms with E-state index in [1.807, 2.05) is 6.07 Å². The van der Waals surface area contributed by atoms with Crippen LogP contribution < -0.4 is 26.8 Å². The average molecular weight is 753 g/mol. The third-order valence-electron chi connectivity index (χ3n) is 9.11. The van der Waals surface area contributed by atoms with Crippen molar-refractivity contribution in [3.05, 3.63) is 40.4 Å². The number of fused-ring (bicyclic) bond motifs is 1. The predicted molar refractivity (Wildman–Crippen MR) is 182 cm³/mol. The van der Waals surface area contributed by atoms with Crippen LogP contribution >= 0.6 is 11.3 Å². The maximum Gasteiger partial charge on any atom is 0.418 e. The molecule has 3 aliphatic heterocycles. The number of thiazole rings is 1. The molecule has 9 N–H and O–H groups in total. The van der Waals surface area contributed by atoms with Crippen LogP contribution in [-0.4, -0.2) is 112 Å². The van der Waals surface area contributed by atoms with Crippen molar-refractivity contribution >= 4 is 56.2 Å². The molecule has 5 atom stereocenters. The van der Waals surface area contributed by atoms with E-state index in [1.54, 1.807) is 12.1 Å². The number of aliphatic hydroxyl groups is 1. The zero-order valence-corrected chi connectivity index (χ0v) is 29.6. The molecule has 2 amide bonds. The van der Waals surface area contributed by atoms with Gasteiger partial charge in [-0.05, 0) is 82.7 Å². The van der Waals surface area contributed by atoms with Crippen LogP contribution in [-0.2, 0) is 40.3 Å². The number of nitrogens with two attached hydrogens (primary N) is 2. The number of hydrogen-bond acceptors (Lipinski definition) is 15. The molecule has 2 fully saturated rings. The highest BCUT2D eigenvalue weighted by atomic mass is 32.3. The molecule has 1 aromatic heterocycles. The highest BCUT2D eigenvalue weighted by molar-refractivity contribution is 7.80. The van der Waals surface area contributed by atoms with Crippen molar-refractivity contribution in [3.63, 3.8) is 0 Å². The first-order valence-corrected chi connectivity index (χ1v) is 18.1. The van der Waals surface area contributed by atoms with Crippen molar-refractivity contribution in [1.82, 2.24) is 20.7 Å². The number of aliphatic carboxylic acids is 1. The minimum Gasteiger partial charge on any atom is -0.485 e. The number of nitrogens with one attached hydrogen (secondary N) is 2. The maximum atomic E-state index is 13.5. The summed E-state index contributed by atoms with van der Waals surface area (Å²) in [6.45, 7) is 5.37. The molecule has 21 heteroatoms. The number of oxime groups is 1. The number of aromatic nitrogens is 1. The van der Waals surface area contributed by atoms with E-state index in [-0.39, 0.29) is 29.9 Å². The third kappa shape index (κ3) is 8.23. The molecule has 0 bridgehead atoms. The van der Waals surface area contributed by atoms with E-state index in [2.05, 4.69) is 30.0 Å². The monoisotopic (exact) mass is 752 g/mol. The fourth-order valence-corrected chi connectivity index (χ4v) is 7.05.